The van der Waals surface area contributed by atoms with Crippen LogP contribution in [0.15, 0.2) is 85.1 Å². The number of nitrogens with zero attached hydrogens (tertiary/aromatic N) is 2. The molecule has 7 nitrogen and oxygen atoms in total. The lowest BCUT2D eigenvalue weighted by Crippen LogP contribution is -2.22. The average molecular weight is 455 g/mol. The van der Waals surface area contributed by atoms with Crippen molar-refractivity contribution in [2.75, 3.05) is 19.0 Å². The zero-order chi connectivity index (χ0) is 23.9. The maximum atomic E-state index is 13.3. The summed E-state index contributed by atoms with van der Waals surface area (Å²) in [4.78, 5) is 25.5. The zero-order valence-electron chi connectivity index (χ0n) is 19.1. The summed E-state index contributed by atoms with van der Waals surface area (Å²) in [5.74, 6) is 0.174. The minimum atomic E-state index is -0.315. The Bertz CT molecular complexity index is 1300. The number of hydrogen-bond donors (Lipinski definition) is 2. The molecule has 0 aliphatic heterocycles. The molecule has 0 atom stereocenters. The molecule has 0 unspecified atom stereocenters. The predicted octanol–water partition coefficient (Wildman–Crippen LogP) is 4.61. The van der Waals surface area contributed by atoms with Crippen molar-refractivity contribution in [1.82, 2.24) is 15.1 Å². The fourth-order valence-corrected chi connectivity index (χ4v) is 3.62. The predicted molar refractivity (Wildman–Crippen MR) is 132 cm³/mol. The summed E-state index contributed by atoms with van der Waals surface area (Å²) < 4.78 is 7.11. The van der Waals surface area contributed by atoms with Gasteiger partial charge in [0.1, 0.15) is 11.4 Å². The van der Waals surface area contributed by atoms with Crippen molar-refractivity contribution >= 4 is 17.5 Å². The van der Waals surface area contributed by atoms with Gasteiger partial charge in [0, 0.05) is 29.6 Å². The number of aromatic nitrogens is 2. The lowest BCUT2D eigenvalue weighted by Gasteiger charge is -2.08. The fourth-order valence-electron chi connectivity index (χ4n) is 3.62. The smallest absolute Gasteiger partial charge is 0.259 e. The van der Waals surface area contributed by atoms with Gasteiger partial charge in [0.25, 0.3) is 11.8 Å². The molecule has 3 aromatic carbocycles. The molecule has 0 fully saturated rings. The molecule has 0 spiro atoms. The van der Waals surface area contributed by atoms with Crippen molar-refractivity contribution in [3.05, 3.63) is 102 Å². The first kappa shape index (κ1) is 22.8. The number of rotatable bonds is 8. The topological polar surface area (TPSA) is 85.3 Å². The van der Waals surface area contributed by atoms with Crippen LogP contribution < -0.4 is 15.4 Å². The van der Waals surface area contributed by atoms with Crippen molar-refractivity contribution in [1.29, 1.82) is 0 Å². The van der Waals surface area contributed by atoms with E-state index in [1.54, 1.807) is 42.3 Å². The Labute approximate surface area is 198 Å². The molecular weight excluding hydrogens is 428 g/mol. The zero-order valence-corrected chi connectivity index (χ0v) is 19.1. The normalized spacial score (nSPS) is 10.5. The summed E-state index contributed by atoms with van der Waals surface area (Å²) in [6.45, 7) is 2.91. The van der Waals surface area contributed by atoms with E-state index in [0.29, 0.717) is 41.3 Å². The number of hydrogen-bond acceptors (Lipinski definition) is 4. The molecule has 0 saturated heterocycles. The monoisotopic (exact) mass is 454 g/mol. The first-order valence-electron chi connectivity index (χ1n) is 11.0. The summed E-state index contributed by atoms with van der Waals surface area (Å²) in [5.41, 5.74) is 3.82. The number of carbonyl (C=O) groups excluding carboxylic acids is 2. The number of ether oxygens (including phenoxy) is 1. The molecule has 0 aliphatic rings. The van der Waals surface area contributed by atoms with Gasteiger partial charge in [0.2, 0.25) is 0 Å². The second kappa shape index (κ2) is 10.5. The molecule has 0 bridgehead atoms. The number of benzene rings is 3. The number of anilines is 1. The van der Waals surface area contributed by atoms with Gasteiger partial charge in [-0.05, 0) is 42.8 Å². The molecule has 2 amide bonds. The summed E-state index contributed by atoms with van der Waals surface area (Å²) in [7, 11) is 1.60. The number of carbonyl (C=O) groups is 2. The third-order valence-corrected chi connectivity index (χ3v) is 5.26. The molecule has 172 valence electrons. The van der Waals surface area contributed by atoms with Gasteiger partial charge in [-0.1, -0.05) is 48.5 Å². The van der Waals surface area contributed by atoms with Crippen molar-refractivity contribution in [3.8, 4) is 17.0 Å². The van der Waals surface area contributed by atoms with Crippen molar-refractivity contribution in [2.45, 2.75) is 13.5 Å². The summed E-state index contributed by atoms with van der Waals surface area (Å²) >= 11 is 0. The molecule has 0 aliphatic carbocycles. The Morgan fingerprint density at radius 3 is 2.50 bits per heavy atom. The molecule has 1 aromatic heterocycles. The second-order valence-corrected chi connectivity index (χ2v) is 7.70. The SMILES string of the molecule is CCNC(=O)c1cccc(NC(=O)c2cn(Cc3ccccc3)nc2-c2cccc(OC)c2)c1. The Morgan fingerprint density at radius 1 is 0.941 bits per heavy atom. The molecule has 4 aromatic rings. The number of methoxy groups -OCH3 is 1. The van der Waals surface area contributed by atoms with Gasteiger partial charge in [-0.25, -0.2) is 0 Å². The molecular formula is C27H26N4O3. The summed E-state index contributed by atoms with van der Waals surface area (Å²) in [6.07, 6.45) is 1.74. The van der Waals surface area contributed by atoms with Crippen LogP contribution in [0.1, 0.15) is 33.2 Å². The summed E-state index contributed by atoms with van der Waals surface area (Å²) in [5, 5.41) is 10.4. The number of amides is 2. The highest BCUT2D eigenvalue weighted by Crippen LogP contribution is 2.27. The minimum absolute atomic E-state index is 0.189. The number of nitrogens with one attached hydrogen (secondary N) is 2. The highest BCUT2D eigenvalue weighted by molar-refractivity contribution is 6.08. The van der Waals surface area contributed by atoms with Crippen molar-refractivity contribution < 1.29 is 14.3 Å². The fraction of sp³-hybridized carbons (Fsp3) is 0.148. The van der Waals surface area contributed by atoms with E-state index >= 15 is 0 Å². The third-order valence-electron chi connectivity index (χ3n) is 5.26. The lowest BCUT2D eigenvalue weighted by molar-refractivity contribution is 0.0954. The molecule has 2 N–H and O–H groups in total. The molecule has 0 saturated carbocycles. The highest BCUT2D eigenvalue weighted by Gasteiger charge is 2.19. The molecule has 4 rings (SSSR count). The third kappa shape index (κ3) is 5.32. The van der Waals surface area contributed by atoms with Gasteiger partial charge in [-0.3, -0.25) is 14.3 Å². The minimum Gasteiger partial charge on any atom is -0.497 e. The molecule has 0 radical (unpaired) electrons. The van der Waals surface area contributed by atoms with E-state index in [9.17, 15) is 9.59 Å². The van der Waals surface area contributed by atoms with E-state index in [0.717, 1.165) is 11.1 Å². The van der Waals surface area contributed by atoms with Crippen LogP contribution >= 0.6 is 0 Å². The first-order valence-corrected chi connectivity index (χ1v) is 11.0. The van der Waals surface area contributed by atoms with E-state index in [1.165, 1.54) is 0 Å². The van der Waals surface area contributed by atoms with Gasteiger partial charge >= 0.3 is 0 Å². The van der Waals surface area contributed by atoms with Crippen LogP contribution in [0.5, 0.6) is 5.75 Å². The summed E-state index contributed by atoms with van der Waals surface area (Å²) in [6, 6.07) is 24.2. The quantitative estimate of drug-likeness (QED) is 0.407. The Hall–Kier alpha value is -4.39. The molecule has 7 heteroatoms. The van der Waals surface area contributed by atoms with E-state index in [4.69, 9.17) is 9.84 Å². The maximum Gasteiger partial charge on any atom is 0.259 e. The Morgan fingerprint density at radius 2 is 1.74 bits per heavy atom. The van der Waals surface area contributed by atoms with Crippen LogP contribution in [-0.2, 0) is 6.54 Å². The maximum absolute atomic E-state index is 13.3. The highest BCUT2D eigenvalue weighted by atomic mass is 16.5. The van der Waals surface area contributed by atoms with Crippen LogP contribution in [0.25, 0.3) is 11.3 Å². The first-order chi connectivity index (χ1) is 16.6. The van der Waals surface area contributed by atoms with E-state index in [-0.39, 0.29) is 11.8 Å². The Balaban J connectivity index is 1.67. The second-order valence-electron chi connectivity index (χ2n) is 7.70. The average Bonchev–Trinajstić information content (AvgIpc) is 3.29. The van der Waals surface area contributed by atoms with E-state index < -0.39 is 0 Å². The van der Waals surface area contributed by atoms with Crippen LogP contribution in [-0.4, -0.2) is 35.2 Å². The standard InChI is InChI=1S/C27H26N4O3/c1-3-28-26(32)21-12-7-13-22(15-21)29-27(33)24-18-31(17-19-9-5-4-6-10-19)30-25(24)20-11-8-14-23(16-20)34-2/h4-16,18H,3,17H2,1-2H3,(H,28,32)(H,29,33). The van der Waals surface area contributed by atoms with Crippen LogP contribution in [0.3, 0.4) is 0 Å². The van der Waals surface area contributed by atoms with Gasteiger partial charge in [-0.2, -0.15) is 5.10 Å². The van der Waals surface area contributed by atoms with Crippen LogP contribution in [0, 0.1) is 0 Å². The largest absolute Gasteiger partial charge is 0.497 e. The van der Waals surface area contributed by atoms with Crippen LogP contribution in [0.2, 0.25) is 0 Å². The van der Waals surface area contributed by atoms with Crippen LogP contribution in [0.4, 0.5) is 5.69 Å². The van der Waals surface area contributed by atoms with Gasteiger partial charge in [-0.15, -0.1) is 0 Å². The van der Waals surface area contributed by atoms with E-state index in [1.807, 2.05) is 61.5 Å². The van der Waals surface area contributed by atoms with Crippen molar-refractivity contribution in [2.24, 2.45) is 0 Å². The Kier molecular flexibility index (Phi) is 7.03. The van der Waals surface area contributed by atoms with Gasteiger partial charge < -0.3 is 15.4 Å². The van der Waals surface area contributed by atoms with E-state index in [2.05, 4.69) is 10.6 Å². The molecule has 1 heterocycles. The van der Waals surface area contributed by atoms with Gasteiger partial charge in [0.05, 0.1) is 19.2 Å². The van der Waals surface area contributed by atoms with Gasteiger partial charge in [0.15, 0.2) is 0 Å². The lowest BCUT2D eigenvalue weighted by atomic mass is 10.1. The molecule has 34 heavy (non-hydrogen) atoms. The van der Waals surface area contributed by atoms with Crippen molar-refractivity contribution in [3.63, 3.8) is 0 Å².